The van der Waals surface area contributed by atoms with Gasteiger partial charge in [-0.25, -0.2) is 0 Å². The number of carbonyl (C=O) groups is 1. The molecule has 1 N–H and O–H groups in total. The van der Waals surface area contributed by atoms with Crippen molar-refractivity contribution >= 4 is 5.97 Å². The molecule has 3 heteroatoms. The van der Waals surface area contributed by atoms with Gasteiger partial charge in [-0.1, -0.05) is 6.08 Å². The van der Waals surface area contributed by atoms with E-state index in [1.54, 1.807) is 13.0 Å². The summed E-state index contributed by atoms with van der Waals surface area (Å²) >= 11 is 0. The van der Waals surface area contributed by atoms with Crippen LogP contribution in [-0.2, 0) is 9.53 Å². The van der Waals surface area contributed by atoms with Gasteiger partial charge in [-0.15, -0.1) is 6.58 Å². The molecule has 0 aromatic carbocycles. The van der Waals surface area contributed by atoms with E-state index in [2.05, 4.69) is 11.9 Å². The van der Waals surface area contributed by atoms with Crippen molar-refractivity contribution in [3.05, 3.63) is 12.7 Å². The Hall–Kier alpha value is -0.830. The summed E-state index contributed by atoms with van der Waals surface area (Å²) < 4.78 is 4.75. The van der Waals surface area contributed by atoms with Crippen LogP contribution in [0.25, 0.3) is 0 Å². The minimum atomic E-state index is -0.152. The lowest BCUT2D eigenvalue weighted by atomic mass is 10.3. The molecule has 0 heterocycles. The highest BCUT2D eigenvalue weighted by Crippen LogP contribution is 1.86. The van der Waals surface area contributed by atoms with Gasteiger partial charge in [0.15, 0.2) is 0 Å². The number of ether oxygens (including phenoxy) is 1. The van der Waals surface area contributed by atoms with Gasteiger partial charge in [0.25, 0.3) is 0 Å². The lowest BCUT2D eigenvalue weighted by molar-refractivity contribution is -0.142. The van der Waals surface area contributed by atoms with Crippen molar-refractivity contribution in [2.45, 2.75) is 26.3 Å². The molecule has 3 nitrogen and oxygen atoms in total. The molecule has 0 aromatic rings. The fourth-order valence-electron chi connectivity index (χ4n) is 0.718. The number of esters is 1. The molecule has 0 aliphatic rings. The van der Waals surface area contributed by atoms with Gasteiger partial charge in [-0.2, -0.15) is 0 Å². The van der Waals surface area contributed by atoms with Crippen LogP contribution in [0.4, 0.5) is 0 Å². The molecule has 0 aliphatic heterocycles. The predicted molar refractivity (Wildman–Crippen MR) is 48.9 cm³/mol. The van der Waals surface area contributed by atoms with Gasteiger partial charge in [-0.3, -0.25) is 4.79 Å². The normalized spacial score (nSPS) is 12.2. The number of rotatable bonds is 6. The second-order valence-corrected chi connectivity index (χ2v) is 2.53. The van der Waals surface area contributed by atoms with Crippen LogP contribution in [0.1, 0.15) is 20.3 Å². The average molecular weight is 171 g/mol. The standard InChI is InChI=1S/C9H17NO2/c1-4-8(3)10-7-6-9(11)12-5-2/h4,8,10H,1,5-7H2,2-3H3. The molecule has 0 aromatic heterocycles. The molecular formula is C9H17NO2. The number of carbonyl (C=O) groups excluding carboxylic acids is 1. The van der Waals surface area contributed by atoms with E-state index in [9.17, 15) is 4.79 Å². The molecule has 1 atom stereocenters. The summed E-state index contributed by atoms with van der Waals surface area (Å²) in [4.78, 5) is 10.8. The smallest absolute Gasteiger partial charge is 0.307 e. The maximum absolute atomic E-state index is 10.8. The average Bonchev–Trinajstić information content (AvgIpc) is 2.04. The molecule has 70 valence electrons. The van der Waals surface area contributed by atoms with E-state index < -0.39 is 0 Å². The molecule has 0 amide bonds. The van der Waals surface area contributed by atoms with Crippen molar-refractivity contribution in [2.24, 2.45) is 0 Å². The van der Waals surface area contributed by atoms with Gasteiger partial charge in [-0.05, 0) is 13.8 Å². The molecule has 0 radical (unpaired) electrons. The zero-order valence-corrected chi connectivity index (χ0v) is 7.80. The third-order valence-corrected chi connectivity index (χ3v) is 1.45. The molecular weight excluding hydrogens is 154 g/mol. The van der Waals surface area contributed by atoms with Gasteiger partial charge in [0.2, 0.25) is 0 Å². The number of nitrogens with one attached hydrogen (secondary N) is 1. The maximum atomic E-state index is 10.8. The highest BCUT2D eigenvalue weighted by molar-refractivity contribution is 5.69. The van der Waals surface area contributed by atoms with Gasteiger partial charge in [0.05, 0.1) is 13.0 Å². The Morgan fingerprint density at radius 1 is 1.75 bits per heavy atom. The Morgan fingerprint density at radius 3 is 2.92 bits per heavy atom. The highest BCUT2D eigenvalue weighted by Gasteiger charge is 2.01. The highest BCUT2D eigenvalue weighted by atomic mass is 16.5. The zero-order valence-electron chi connectivity index (χ0n) is 7.80. The van der Waals surface area contributed by atoms with Gasteiger partial charge in [0, 0.05) is 12.6 Å². The molecule has 0 fully saturated rings. The SMILES string of the molecule is C=CC(C)NCCC(=O)OCC. The molecule has 12 heavy (non-hydrogen) atoms. The van der Waals surface area contributed by atoms with Gasteiger partial charge < -0.3 is 10.1 Å². The minimum absolute atomic E-state index is 0.152. The summed E-state index contributed by atoms with van der Waals surface area (Å²) in [5, 5.41) is 3.10. The van der Waals surface area contributed by atoms with Crippen LogP contribution in [0.3, 0.4) is 0 Å². The van der Waals surface area contributed by atoms with Crippen LogP contribution in [0.15, 0.2) is 12.7 Å². The van der Waals surface area contributed by atoms with E-state index in [4.69, 9.17) is 4.74 Å². The zero-order chi connectivity index (χ0) is 9.40. The van der Waals surface area contributed by atoms with Gasteiger partial charge >= 0.3 is 5.97 Å². The van der Waals surface area contributed by atoms with E-state index in [1.807, 2.05) is 6.92 Å². The molecule has 1 unspecified atom stereocenters. The summed E-state index contributed by atoms with van der Waals surface area (Å²) in [6.07, 6.45) is 2.22. The third-order valence-electron chi connectivity index (χ3n) is 1.45. The van der Waals surface area contributed by atoms with Crippen LogP contribution < -0.4 is 5.32 Å². The lowest BCUT2D eigenvalue weighted by Gasteiger charge is -2.07. The first-order valence-corrected chi connectivity index (χ1v) is 4.22. The van der Waals surface area contributed by atoms with Crippen LogP contribution in [0, 0.1) is 0 Å². The van der Waals surface area contributed by atoms with Gasteiger partial charge in [0.1, 0.15) is 0 Å². The van der Waals surface area contributed by atoms with Crippen LogP contribution >= 0.6 is 0 Å². The monoisotopic (exact) mass is 171 g/mol. The van der Waals surface area contributed by atoms with Crippen molar-refractivity contribution < 1.29 is 9.53 Å². The Labute approximate surface area is 73.8 Å². The summed E-state index contributed by atoms with van der Waals surface area (Å²) in [5.41, 5.74) is 0. The van der Waals surface area contributed by atoms with Crippen LogP contribution in [-0.4, -0.2) is 25.2 Å². The minimum Gasteiger partial charge on any atom is -0.466 e. The topological polar surface area (TPSA) is 38.3 Å². The largest absolute Gasteiger partial charge is 0.466 e. The van der Waals surface area contributed by atoms with Crippen molar-refractivity contribution in [1.82, 2.24) is 5.32 Å². The quantitative estimate of drug-likeness (QED) is 0.480. The van der Waals surface area contributed by atoms with E-state index in [-0.39, 0.29) is 12.0 Å². The predicted octanol–water partition coefficient (Wildman–Crippen LogP) is 1.10. The Kier molecular flexibility index (Phi) is 6.38. The summed E-state index contributed by atoms with van der Waals surface area (Å²) in [7, 11) is 0. The van der Waals surface area contributed by atoms with Crippen LogP contribution in [0.5, 0.6) is 0 Å². The second kappa shape index (κ2) is 6.85. The van der Waals surface area contributed by atoms with Crippen LogP contribution in [0.2, 0.25) is 0 Å². The van der Waals surface area contributed by atoms with E-state index >= 15 is 0 Å². The summed E-state index contributed by atoms with van der Waals surface area (Å²) in [6, 6.07) is 0.249. The summed E-state index contributed by atoms with van der Waals surface area (Å²) in [5.74, 6) is -0.152. The Morgan fingerprint density at radius 2 is 2.42 bits per heavy atom. The fraction of sp³-hybridized carbons (Fsp3) is 0.667. The lowest BCUT2D eigenvalue weighted by Crippen LogP contribution is -2.26. The first kappa shape index (κ1) is 11.2. The van der Waals surface area contributed by atoms with Crippen molar-refractivity contribution in [3.63, 3.8) is 0 Å². The van der Waals surface area contributed by atoms with Crippen molar-refractivity contribution in [2.75, 3.05) is 13.2 Å². The Bertz CT molecular complexity index is 145. The third kappa shape index (κ3) is 5.92. The second-order valence-electron chi connectivity index (χ2n) is 2.53. The number of hydrogen-bond donors (Lipinski definition) is 1. The molecule has 0 aliphatic carbocycles. The Balaban J connectivity index is 3.30. The summed E-state index contributed by atoms with van der Waals surface area (Å²) in [6.45, 7) is 8.50. The molecule has 0 saturated heterocycles. The molecule has 0 bridgehead atoms. The fourth-order valence-corrected chi connectivity index (χ4v) is 0.718. The molecule has 0 rings (SSSR count). The van der Waals surface area contributed by atoms with Crippen molar-refractivity contribution in [1.29, 1.82) is 0 Å². The van der Waals surface area contributed by atoms with E-state index in [0.717, 1.165) is 0 Å². The van der Waals surface area contributed by atoms with E-state index in [0.29, 0.717) is 19.6 Å². The molecule has 0 saturated carbocycles. The van der Waals surface area contributed by atoms with E-state index in [1.165, 1.54) is 0 Å². The number of hydrogen-bond acceptors (Lipinski definition) is 3. The maximum Gasteiger partial charge on any atom is 0.307 e. The molecule has 0 spiro atoms. The first-order chi connectivity index (χ1) is 5.70. The first-order valence-electron chi connectivity index (χ1n) is 4.22. The van der Waals surface area contributed by atoms with Crippen molar-refractivity contribution in [3.8, 4) is 0 Å².